The van der Waals surface area contributed by atoms with Gasteiger partial charge in [0.2, 0.25) is 0 Å². The van der Waals surface area contributed by atoms with E-state index in [4.69, 9.17) is 5.11 Å². The van der Waals surface area contributed by atoms with E-state index in [9.17, 15) is 0 Å². The molecule has 0 atom stereocenters. The Kier molecular flexibility index (Phi) is 13.4. The van der Waals surface area contributed by atoms with Crippen molar-refractivity contribution < 1.29 is 49.2 Å². The molecule has 0 aromatic rings. The molecule has 0 saturated heterocycles. The molecule has 0 aliphatic heterocycles. The first kappa shape index (κ1) is 14.0. The number of aliphatic hydroxyl groups is 1. The minimum absolute atomic E-state index is 0. The summed E-state index contributed by atoms with van der Waals surface area (Å²) >= 11 is 0. The SMILES string of the molecule is CC(C)=CCCC=C=CO.[Ac]. The Morgan fingerprint density at radius 3 is 2.45 bits per heavy atom. The second-order valence-corrected chi connectivity index (χ2v) is 2.36. The van der Waals surface area contributed by atoms with E-state index in [2.05, 4.69) is 25.7 Å². The van der Waals surface area contributed by atoms with Gasteiger partial charge in [0, 0.05) is 44.1 Å². The number of unbranched alkanes of at least 4 members (excludes halogenated alkanes) is 1. The van der Waals surface area contributed by atoms with E-state index in [0.29, 0.717) is 0 Å². The van der Waals surface area contributed by atoms with Crippen LogP contribution in [0.2, 0.25) is 0 Å². The molecule has 0 amide bonds. The van der Waals surface area contributed by atoms with Crippen LogP contribution in [0.5, 0.6) is 0 Å². The zero-order chi connectivity index (χ0) is 7.82. The van der Waals surface area contributed by atoms with E-state index in [1.54, 1.807) is 0 Å². The van der Waals surface area contributed by atoms with Gasteiger partial charge in [-0.3, -0.25) is 0 Å². The fourth-order valence-electron chi connectivity index (χ4n) is 0.591. The van der Waals surface area contributed by atoms with Crippen molar-refractivity contribution in [1.82, 2.24) is 0 Å². The largest absolute Gasteiger partial charge is 0.507 e. The van der Waals surface area contributed by atoms with Gasteiger partial charge in [-0.25, -0.2) is 0 Å². The second kappa shape index (κ2) is 10.5. The number of rotatable bonds is 3. The zero-order valence-corrected chi connectivity index (χ0v) is 11.9. The quantitative estimate of drug-likeness (QED) is 0.353. The topological polar surface area (TPSA) is 20.2 Å². The second-order valence-electron chi connectivity index (χ2n) is 2.36. The van der Waals surface area contributed by atoms with Crippen LogP contribution in [0.25, 0.3) is 0 Å². The van der Waals surface area contributed by atoms with Crippen molar-refractivity contribution in [2.45, 2.75) is 26.7 Å². The number of allylic oxidation sites excluding steroid dienone is 3. The van der Waals surface area contributed by atoms with Gasteiger partial charge in [0.05, 0.1) is 0 Å². The Hall–Kier alpha value is 0.502. The maximum absolute atomic E-state index is 8.19. The van der Waals surface area contributed by atoms with Crippen LogP contribution < -0.4 is 0 Å². The van der Waals surface area contributed by atoms with E-state index in [-0.39, 0.29) is 44.1 Å². The summed E-state index contributed by atoms with van der Waals surface area (Å²) in [6.07, 6.45) is 6.89. The molecule has 0 spiro atoms. The molecule has 0 aliphatic rings. The monoisotopic (exact) mass is 365 g/mol. The van der Waals surface area contributed by atoms with Crippen molar-refractivity contribution in [3.8, 4) is 0 Å². The smallest absolute Gasteiger partial charge is 0.121 e. The molecule has 0 heterocycles. The average Bonchev–Trinajstić information content (AvgIpc) is 1.87. The maximum atomic E-state index is 8.19. The van der Waals surface area contributed by atoms with Crippen LogP contribution in [0.1, 0.15) is 26.7 Å². The maximum Gasteiger partial charge on any atom is 0.121 e. The molecule has 1 N–H and O–H groups in total. The van der Waals surface area contributed by atoms with Crippen molar-refractivity contribution in [2.75, 3.05) is 0 Å². The van der Waals surface area contributed by atoms with E-state index in [0.717, 1.165) is 19.1 Å². The van der Waals surface area contributed by atoms with Gasteiger partial charge in [0.15, 0.2) is 0 Å². The Labute approximate surface area is 104 Å². The summed E-state index contributed by atoms with van der Waals surface area (Å²) in [5.74, 6) is 0. The predicted molar refractivity (Wildman–Crippen MR) is 43.9 cm³/mol. The third kappa shape index (κ3) is 13.5. The molecule has 0 aromatic carbocycles. The molecule has 1 nitrogen and oxygen atoms in total. The molecule has 0 fully saturated rings. The Morgan fingerprint density at radius 2 is 2.00 bits per heavy atom. The molecule has 0 bridgehead atoms. The third-order valence-corrected chi connectivity index (χ3v) is 1.06. The summed E-state index contributed by atoms with van der Waals surface area (Å²) in [6, 6.07) is 0. The van der Waals surface area contributed by atoms with Gasteiger partial charge >= 0.3 is 0 Å². The van der Waals surface area contributed by atoms with Crippen LogP contribution in [-0.2, 0) is 0 Å². The van der Waals surface area contributed by atoms with Gasteiger partial charge in [-0.1, -0.05) is 17.4 Å². The molecule has 2 heteroatoms. The minimum Gasteiger partial charge on any atom is -0.507 e. The predicted octanol–water partition coefficient (Wildman–Crippen LogP) is 2.96. The molecule has 0 aliphatic carbocycles. The third-order valence-electron chi connectivity index (χ3n) is 1.06. The summed E-state index contributed by atoms with van der Waals surface area (Å²) < 4.78 is 0. The summed E-state index contributed by atoms with van der Waals surface area (Å²) in [5.41, 5.74) is 3.93. The summed E-state index contributed by atoms with van der Waals surface area (Å²) in [4.78, 5) is 0. The van der Waals surface area contributed by atoms with E-state index < -0.39 is 0 Å². The van der Waals surface area contributed by atoms with Crippen LogP contribution >= 0.6 is 0 Å². The fourth-order valence-corrected chi connectivity index (χ4v) is 0.591. The molecule has 0 rings (SSSR count). The van der Waals surface area contributed by atoms with Crippen LogP contribution in [0.3, 0.4) is 0 Å². The molecule has 0 saturated carbocycles. The molecule has 1 radical (unpaired) electrons. The van der Waals surface area contributed by atoms with Gasteiger partial charge in [-0.15, -0.1) is 0 Å². The van der Waals surface area contributed by atoms with Crippen molar-refractivity contribution in [3.05, 3.63) is 29.7 Å². The van der Waals surface area contributed by atoms with Crippen molar-refractivity contribution >= 4 is 0 Å². The number of aliphatic hydroxyl groups excluding tert-OH is 1. The number of hydrogen-bond acceptors (Lipinski definition) is 1. The van der Waals surface area contributed by atoms with Crippen LogP contribution in [-0.4, -0.2) is 5.11 Å². The van der Waals surface area contributed by atoms with E-state index >= 15 is 0 Å². The van der Waals surface area contributed by atoms with Crippen molar-refractivity contribution in [2.24, 2.45) is 0 Å². The minimum atomic E-state index is 0. The Bertz CT molecular complexity index is 160. The molecule has 59 valence electrons. The fraction of sp³-hybridized carbons (Fsp3) is 0.444. The normalized spacial score (nSPS) is 7.09. The van der Waals surface area contributed by atoms with Crippen LogP contribution in [0.4, 0.5) is 0 Å². The van der Waals surface area contributed by atoms with Crippen LogP contribution in [0, 0.1) is 44.1 Å². The molecular formula is C9H14AcO. The average molecular weight is 365 g/mol. The summed E-state index contributed by atoms with van der Waals surface area (Å²) in [6.45, 7) is 4.15. The zero-order valence-electron chi connectivity index (χ0n) is 7.17. The Balaban J connectivity index is 0. The van der Waals surface area contributed by atoms with E-state index in [1.165, 1.54) is 5.57 Å². The standard InChI is InChI=1S/C9H14O.Ac/c1-9(2)7-5-3-4-6-8-10;/h4,7-8,10H,3,5H2,1-2H3;. The molecule has 11 heavy (non-hydrogen) atoms. The molecular weight excluding hydrogens is 351 g/mol. The van der Waals surface area contributed by atoms with Crippen molar-refractivity contribution in [3.63, 3.8) is 0 Å². The van der Waals surface area contributed by atoms with Gasteiger partial charge in [-0.2, -0.15) is 0 Å². The van der Waals surface area contributed by atoms with Gasteiger partial charge < -0.3 is 5.11 Å². The number of hydrogen-bond donors (Lipinski definition) is 1. The van der Waals surface area contributed by atoms with E-state index in [1.807, 2.05) is 6.08 Å². The van der Waals surface area contributed by atoms with Crippen molar-refractivity contribution in [1.29, 1.82) is 0 Å². The summed E-state index contributed by atoms with van der Waals surface area (Å²) in [7, 11) is 0. The van der Waals surface area contributed by atoms with Gasteiger partial charge in [0.1, 0.15) is 6.26 Å². The Morgan fingerprint density at radius 1 is 1.36 bits per heavy atom. The molecule has 0 unspecified atom stereocenters. The first-order chi connectivity index (χ1) is 4.77. The van der Waals surface area contributed by atoms with Gasteiger partial charge in [-0.05, 0) is 32.8 Å². The first-order valence-electron chi connectivity index (χ1n) is 3.44. The first-order valence-corrected chi connectivity index (χ1v) is 3.44. The van der Waals surface area contributed by atoms with Crippen LogP contribution in [0.15, 0.2) is 29.7 Å². The van der Waals surface area contributed by atoms with Gasteiger partial charge in [0.25, 0.3) is 0 Å². The molecule has 0 aromatic heterocycles. The summed E-state index contributed by atoms with van der Waals surface area (Å²) in [5, 5.41) is 8.19.